The second-order valence-electron chi connectivity index (χ2n) is 6.22. The number of amides is 1. The maximum Gasteiger partial charge on any atom is 0.264 e. The lowest BCUT2D eigenvalue weighted by atomic mass is 10.2. The number of para-hydroxylation sites is 1. The van der Waals surface area contributed by atoms with Crippen LogP contribution in [0, 0.1) is 5.82 Å². The second kappa shape index (κ2) is 8.49. The molecule has 144 valence electrons. The summed E-state index contributed by atoms with van der Waals surface area (Å²) in [5, 5.41) is 2.68. The minimum atomic E-state index is -4.11. The Balaban J connectivity index is 1.84. The van der Waals surface area contributed by atoms with E-state index < -0.39 is 28.3 Å². The predicted octanol–water partition coefficient (Wildman–Crippen LogP) is 2.32. The fourth-order valence-electron chi connectivity index (χ4n) is 2.89. The van der Waals surface area contributed by atoms with Crippen LogP contribution in [-0.4, -0.2) is 40.1 Å². The summed E-state index contributed by atoms with van der Waals surface area (Å²) < 4.78 is 46.6. The van der Waals surface area contributed by atoms with Gasteiger partial charge in [-0.3, -0.25) is 9.10 Å². The molecule has 2 aromatic rings. The Morgan fingerprint density at radius 2 is 1.85 bits per heavy atom. The summed E-state index contributed by atoms with van der Waals surface area (Å²) in [5.41, 5.74) is -0.173. The van der Waals surface area contributed by atoms with Gasteiger partial charge < -0.3 is 10.1 Å². The van der Waals surface area contributed by atoms with Crippen molar-refractivity contribution in [1.82, 2.24) is 5.32 Å². The van der Waals surface area contributed by atoms with E-state index in [0.717, 1.165) is 23.2 Å². The summed E-state index contributed by atoms with van der Waals surface area (Å²) in [7, 11) is -4.11. The van der Waals surface area contributed by atoms with Gasteiger partial charge in [-0.2, -0.15) is 0 Å². The smallest absolute Gasteiger partial charge is 0.264 e. The summed E-state index contributed by atoms with van der Waals surface area (Å²) in [6.45, 7) is 0.435. The Morgan fingerprint density at radius 1 is 1.15 bits per heavy atom. The van der Waals surface area contributed by atoms with Gasteiger partial charge in [0.2, 0.25) is 5.91 Å². The molecule has 1 heterocycles. The molecule has 1 unspecified atom stereocenters. The van der Waals surface area contributed by atoms with Crippen molar-refractivity contribution in [2.75, 3.05) is 24.0 Å². The average molecular weight is 392 g/mol. The predicted molar refractivity (Wildman–Crippen MR) is 99.4 cm³/mol. The van der Waals surface area contributed by atoms with Crippen LogP contribution in [0.5, 0.6) is 0 Å². The number of halogens is 1. The first-order chi connectivity index (χ1) is 13.0. The molecule has 0 aromatic heterocycles. The molecule has 1 amide bonds. The summed E-state index contributed by atoms with van der Waals surface area (Å²) >= 11 is 0. The Bertz CT molecular complexity index is 884. The van der Waals surface area contributed by atoms with Gasteiger partial charge in [-0.25, -0.2) is 12.8 Å². The van der Waals surface area contributed by atoms with E-state index in [1.54, 1.807) is 18.2 Å². The number of carbonyl (C=O) groups is 1. The largest absolute Gasteiger partial charge is 0.376 e. The molecule has 1 aliphatic heterocycles. The third-order valence-electron chi connectivity index (χ3n) is 4.29. The van der Waals surface area contributed by atoms with Crippen LogP contribution in [0.25, 0.3) is 0 Å². The number of benzene rings is 2. The molecular weight excluding hydrogens is 371 g/mol. The van der Waals surface area contributed by atoms with Crippen LogP contribution in [0.4, 0.5) is 10.1 Å². The van der Waals surface area contributed by atoms with E-state index in [1.165, 1.54) is 30.3 Å². The lowest BCUT2D eigenvalue weighted by molar-refractivity contribution is -0.120. The molecule has 1 aliphatic rings. The average Bonchev–Trinajstić information content (AvgIpc) is 3.19. The summed E-state index contributed by atoms with van der Waals surface area (Å²) in [6.07, 6.45) is 1.71. The first kappa shape index (κ1) is 19.3. The quantitative estimate of drug-likeness (QED) is 0.785. The number of nitrogens with zero attached hydrogens (tertiary/aromatic N) is 1. The molecule has 1 saturated heterocycles. The minimum absolute atomic E-state index is 0.0137. The van der Waals surface area contributed by atoms with Crippen LogP contribution in [0.3, 0.4) is 0 Å². The van der Waals surface area contributed by atoms with Crippen molar-refractivity contribution in [3.05, 3.63) is 60.4 Å². The van der Waals surface area contributed by atoms with Crippen LogP contribution in [-0.2, 0) is 19.6 Å². The van der Waals surface area contributed by atoms with Gasteiger partial charge in [0, 0.05) is 13.2 Å². The van der Waals surface area contributed by atoms with Crippen molar-refractivity contribution in [2.45, 2.75) is 23.8 Å². The van der Waals surface area contributed by atoms with Gasteiger partial charge in [-0.15, -0.1) is 0 Å². The van der Waals surface area contributed by atoms with Gasteiger partial charge in [-0.1, -0.05) is 30.3 Å². The van der Waals surface area contributed by atoms with Crippen molar-refractivity contribution >= 4 is 21.6 Å². The Kier molecular flexibility index (Phi) is 6.08. The van der Waals surface area contributed by atoms with E-state index >= 15 is 0 Å². The molecule has 0 bridgehead atoms. The van der Waals surface area contributed by atoms with Crippen molar-refractivity contribution < 1.29 is 22.3 Å². The number of hydrogen-bond donors (Lipinski definition) is 1. The number of anilines is 1. The van der Waals surface area contributed by atoms with E-state index in [2.05, 4.69) is 5.32 Å². The second-order valence-corrected chi connectivity index (χ2v) is 8.08. The zero-order valence-corrected chi connectivity index (χ0v) is 15.5. The zero-order chi connectivity index (χ0) is 19.3. The lowest BCUT2D eigenvalue weighted by Crippen LogP contribution is -2.43. The third-order valence-corrected chi connectivity index (χ3v) is 6.06. The van der Waals surface area contributed by atoms with E-state index in [9.17, 15) is 17.6 Å². The van der Waals surface area contributed by atoms with Crippen LogP contribution in [0.15, 0.2) is 59.5 Å². The number of sulfonamides is 1. The fourth-order valence-corrected chi connectivity index (χ4v) is 4.34. The van der Waals surface area contributed by atoms with Gasteiger partial charge in [0.05, 0.1) is 16.7 Å². The topological polar surface area (TPSA) is 75.7 Å². The Labute approximate surface area is 158 Å². The monoisotopic (exact) mass is 392 g/mol. The highest BCUT2D eigenvalue weighted by Gasteiger charge is 2.29. The summed E-state index contributed by atoms with van der Waals surface area (Å²) in [6, 6.07) is 13.1. The van der Waals surface area contributed by atoms with E-state index in [4.69, 9.17) is 4.74 Å². The first-order valence-corrected chi connectivity index (χ1v) is 10.1. The van der Waals surface area contributed by atoms with Gasteiger partial charge in [0.1, 0.15) is 12.4 Å². The molecule has 0 spiro atoms. The van der Waals surface area contributed by atoms with Crippen LogP contribution in [0.1, 0.15) is 12.8 Å². The molecule has 8 heteroatoms. The molecule has 1 fully saturated rings. The molecular formula is C19H21FN2O4S. The number of carbonyl (C=O) groups excluding carboxylic acids is 1. The molecule has 0 aliphatic carbocycles. The maximum absolute atomic E-state index is 14.3. The number of rotatable bonds is 7. The molecule has 0 radical (unpaired) electrons. The molecule has 1 atom stereocenters. The minimum Gasteiger partial charge on any atom is -0.376 e. The normalized spacial score (nSPS) is 16.9. The number of ether oxygens (including phenoxy) is 1. The van der Waals surface area contributed by atoms with Crippen LogP contribution < -0.4 is 9.62 Å². The standard InChI is InChI=1S/C19H21FN2O4S/c20-17-10-4-5-11-18(17)22(27(24,25)16-8-2-1-3-9-16)14-19(23)21-13-15-7-6-12-26-15/h1-5,8-11,15H,6-7,12-14H2,(H,21,23). The summed E-state index contributed by atoms with van der Waals surface area (Å²) in [5.74, 6) is -1.24. The van der Waals surface area contributed by atoms with Crippen molar-refractivity contribution in [3.8, 4) is 0 Å². The maximum atomic E-state index is 14.3. The zero-order valence-electron chi connectivity index (χ0n) is 14.7. The fraction of sp³-hybridized carbons (Fsp3) is 0.316. The first-order valence-electron chi connectivity index (χ1n) is 8.69. The Hall–Kier alpha value is -2.45. The van der Waals surface area contributed by atoms with Gasteiger partial charge in [-0.05, 0) is 37.1 Å². The van der Waals surface area contributed by atoms with Crippen LogP contribution in [0.2, 0.25) is 0 Å². The Morgan fingerprint density at radius 3 is 2.52 bits per heavy atom. The number of nitrogens with one attached hydrogen (secondary N) is 1. The molecule has 6 nitrogen and oxygen atoms in total. The van der Waals surface area contributed by atoms with E-state index in [1.807, 2.05) is 0 Å². The highest BCUT2D eigenvalue weighted by molar-refractivity contribution is 7.92. The highest BCUT2D eigenvalue weighted by atomic mass is 32.2. The van der Waals surface area contributed by atoms with Crippen molar-refractivity contribution in [2.24, 2.45) is 0 Å². The molecule has 1 N–H and O–H groups in total. The van der Waals surface area contributed by atoms with Crippen molar-refractivity contribution in [3.63, 3.8) is 0 Å². The van der Waals surface area contributed by atoms with E-state index in [-0.39, 0.29) is 16.7 Å². The highest BCUT2D eigenvalue weighted by Crippen LogP contribution is 2.25. The number of hydrogen-bond acceptors (Lipinski definition) is 4. The SMILES string of the molecule is O=C(CN(c1ccccc1F)S(=O)(=O)c1ccccc1)NCC1CCCO1. The summed E-state index contributed by atoms with van der Waals surface area (Å²) in [4.78, 5) is 12.4. The third kappa shape index (κ3) is 4.64. The molecule has 3 rings (SSSR count). The molecule has 2 aromatic carbocycles. The van der Waals surface area contributed by atoms with Gasteiger partial charge in [0.15, 0.2) is 0 Å². The molecule has 27 heavy (non-hydrogen) atoms. The van der Waals surface area contributed by atoms with Gasteiger partial charge >= 0.3 is 0 Å². The van der Waals surface area contributed by atoms with Gasteiger partial charge in [0.25, 0.3) is 10.0 Å². The van der Waals surface area contributed by atoms with Crippen molar-refractivity contribution in [1.29, 1.82) is 0 Å². The van der Waals surface area contributed by atoms with E-state index in [0.29, 0.717) is 13.2 Å². The van der Waals surface area contributed by atoms with Crippen LogP contribution >= 0.6 is 0 Å². The lowest BCUT2D eigenvalue weighted by Gasteiger charge is -2.24. The molecule has 0 saturated carbocycles.